The highest BCUT2D eigenvalue weighted by Crippen LogP contribution is 2.45. The summed E-state index contributed by atoms with van der Waals surface area (Å²) in [6.45, 7) is 3.37. The van der Waals surface area contributed by atoms with Crippen molar-refractivity contribution in [1.82, 2.24) is 14.6 Å². The number of amides is 1. The predicted octanol–water partition coefficient (Wildman–Crippen LogP) is 5.93. The van der Waals surface area contributed by atoms with Crippen LogP contribution in [0.2, 0.25) is 5.02 Å². The van der Waals surface area contributed by atoms with Crippen molar-refractivity contribution < 1.29 is 13.9 Å². The van der Waals surface area contributed by atoms with Gasteiger partial charge in [0.25, 0.3) is 5.91 Å². The summed E-state index contributed by atoms with van der Waals surface area (Å²) < 4.78 is 23.4. The molecule has 182 valence electrons. The number of ether oxygens (including phenoxy) is 1. The molecule has 1 saturated heterocycles. The van der Waals surface area contributed by atoms with Gasteiger partial charge in [-0.3, -0.25) is 19.4 Å². The zero-order valence-electron chi connectivity index (χ0n) is 19.5. The Labute approximate surface area is 209 Å². The highest BCUT2D eigenvalue weighted by atomic mass is 35.5. The van der Waals surface area contributed by atoms with Crippen molar-refractivity contribution in [3.8, 4) is 5.75 Å². The van der Waals surface area contributed by atoms with Crippen LogP contribution < -0.4 is 9.46 Å². The van der Waals surface area contributed by atoms with Crippen molar-refractivity contribution in [1.29, 1.82) is 0 Å². The van der Waals surface area contributed by atoms with E-state index in [1.807, 2.05) is 12.1 Å². The number of rotatable bonds is 9. The maximum atomic E-state index is 14.6. The van der Waals surface area contributed by atoms with Gasteiger partial charge in [-0.05, 0) is 87.2 Å². The molecule has 2 saturated carbocycles. The highest BCUT2D eigenvalue weighted by molar-refractivity contribution is 7.97. The van der Waals surface area contributed by atoms with Gasteiger partial charge in [0.05, 0.1) is 17.9 Å². The van der Waals surface area contributed by atoms with Gasteiger partial charge in [-0.1, -0.05) is 23.5 Å². The van der Waals surface area contributed by atoms with Crippen LogP contribution >= 0.6 is 23.5 Å². The van der Waals surface area contributed by atoms with Crippen LogP contribution in [0.3, 0.4) is 0 Å². The Kier molecular flexibility index (Phi) is 7.32. The van der Waals surface area contributed by atoms with Crippen molar-refractivity contribution in [3.63, 3.8) is 0 Å². The van der Waals surface area contributed by atoms with Crippen molar-refractivity contribution in [2.24, 2.45) is 5.92 Å². The van der Waals surface area contributed by atoms with E-state index in [1.54, 1.807) is 12.3 Å². The van der Waals surface area contributed by atoms with Gasteiger partial charge < -0.3 is 4.74 Å². The van der Waals surface area contributed by atoms with E-state index >= 15 is 0 Å². The molecule has 0 atom stereocenters. The molecule has 0 radical (unpaired) electrons. The molecule has 1 aromatic carbocycles. The number of aromatic nitrogens is 1. The van der Waals surface area contributed by atoms with E-state index in [-0.39, 0.29) is 5.56 Å². The lowest BCUT2D eigenvalue weighted by molar-refractivity contribution is 0.0980. The van der Waals surface area contributed by atoms with Crippen LogP contribution in [0.5, 0.6) is 5.75 Å². The molecule has 8 heteroatoms. The van der Waals surface area contributed by atoms with Crippen LogP contribution in [0.25, 0.3) is 0 Å². The summed E-state index contributed by atoms with van der Waals surface area (Å²) in [5, 5.41) is 0.783. The monoisotopic (exact) mass is 503 g/mol. The normalized spacial score (nSPS) is 19.3. The van der Waals surface area contributed by atoms with Gasteiger partial charge in [0, 0.05) is 35.5 Å². The number of nitrogens with one attached hydrogen (secondary N) is 1. The summed E-state index contributed by atoms with van der Waals surface area (Å²) in [4.78, 5) is 19.5. The largest absolute Gasteiger partial charge is 0.493 e. The second-order valence-electron chi connectivity index (χ2n) is 9.79. The topological polar surface area (TPSA) is 54.5 Å². The highest BCUT2D eigenvalue weighted by Gasteiger charge is 2.30. The lowest BCUT2D eigenvalue weighted by Crippen LogP contribution is -2.35. The predicted molar refractivity (Wildman–Crippen MR) is 134 cm³/mol. The summed E-state index contributed by atoms with van der Waals surface area (Å²) in [6, 6.07) is 7.08. The molecule has 1 aliphatic heterocycles. The number of carbonyl (C=O) groups excluding carboxylic acids is 1. The summed E-state index contributed by atoms with van der Waals surface area (Å²) in [5.74, 6) is 1.06. The molecule has 1 aromatic heterocycles. The zero-order valence-corrected chi connectivity index (χ0v) is 21.1. The van der Waals surface area contributed by atoms with E-state index in [0.29, 0.717) is 30.1 Å². The fourth-order valence-electron chi connectivity index (χ4n) is 4.72. The molecule has 5 nitrogen and oxygen atoms in total. The van der Waals surface area contributed by atoms with Crippen molar-refractivity contribution in [2.45, 2.75) is 56.9 Å². The average molecular weight is 504 g/mol. The summed E-state index contributed by atoms with van der Waals surface area (Å²) in [6.07, 6.45) is 8.37. The second kappa shape index (κ2) is 10.4. The van der Waals surface area contributed by atoms with E-state index in [0.717, 1.165) is 67.3 Å². The van der Waals surface area contributed by atoms with Gasteiger partial charge in [0.15, 0.2) is 0 Å². The number of hydrogen-bond acceptors (Lipinski definition) is 5. The Hall–Kier alpha value is -1.83. The molecule has 0 unspecified atom stereocenters. The van der Waals surface area contributed by atoms with E-state index < -0.39 is 11.7 Å². The van der Waals surface area contributed by atoms with Crippen LogP contribution in [-0.4, -0.2) is 41.7 Å². The molecule has 0 spiro atoms. The number of halogens is 2. The first-order valence-electron chi connectivity index (χ1n) is 12.2. The smallest absolute Gasteiger partial charge is 0.264 e. The third-order valence-corrected chi connectivity index (χ3v) is 7.59. The van der Waals surface area contributed by atoms with Crippen LogP contribution in [0, 0.1) is 11.7 Å². The Morgan fingerprint density at radius 3 is 2.56 bits per heavy atom. The SMILES string of the molecule is CSNC(=O)c1cc(C2CC2)c(OCC2CCN(Cc3cc(Cl)cc(C4CC4)n3)CC2)cc1F. The first-order chi connectivity index (χ1) is 16.5. The van der Waals surface area contributed by atoms with Gasteiger partial charge in [0.2, 0.25) is 0 Å². The number of pyridine rings is 1. The molecule has 2 aromatic rings. The Morgan fingerprint density at radius 2 is 1.88 bits per heavy atom. The maximum Gasteiger partial charge on any atom is 0.264 e. The van der Waals surface area contributed by atoms with Crippen LogP contribution in [-0.2, 0) is 6.54 Å². The number of carbonyl (C=O) groups is 1. The Bertz CT molecular complexity index is 1050. The van der Waals surface area contributed by atoms with E-state index in [1.165, 1.54) is 30.9 Å². The molecule has 5 rings (SSSR count). The second-order valence-corrected chi connectivity index (χ2v) is 10.8. The standard InChI is InChI=1S/C26H31ClFN3O2S/c1-34-30-26(32)22-12-21(17-2-3-17)25(13-23(22)28)33-15-16-6-8-31(9-7-16)14-20-10-19(27)11-24(29-20)18-4-5-18/h10-13,16-18H,2-9,14-15H2,1H3,(H,30,32). The van der Waals surface area contributed by atoms with Gasteiger partial charge in [-0.15, -0.1) is 0 Å². The summed E-state index contributed by atoms with van der Waals surface area (Å²) in [5.41, 5.74) is 3.25. The third kappa shape index (κ3) is 5.86. The van der Waals surface area contributed by atoms with E-state index in [2.05, 4.69) is 9.62 Å². The van der Waals surface area contributed by atoms with Crippen molar-refractivity contribution in [3.05, 3.63) is 57.6 Å². The number of piperidine rings is 1. The molecule has 34 heavy (non-hydrogen) atoms. The Balaban J connectivity index is 1.16. The minimum absolute atomic E-state index is 0.0939. The summed E-state index contributed by atoms with van der Waals surface area (Å²) >= 11 is 7.50. The number of benzene rings is 1. The fourth-order valence-corrected chi connectivity index (χ4v) is 5.25. The Morgan fingerprint density at radius 1 is 1.15 bits per heavy atom. The number of likely N-dealkylation sites (tertiary alicyclic amines) is 1. The quantitative estimate of drug-likeness (QED) is 0.430. The summed E-state index contributed by atoms with van der Waals surface area (Å²) in [7, 11) is 0. The fraction of sp³-hybridized carbons (Fsp3) is 0.538. The third-order valence-electron chi connectivity index (χ3n) is 6.98. The first-order valence-corrected chi connectivity index (χ1v) is 13.8. The molecule has 3 aliphatic rings. The van der Waals surface area contributed by atoms with E-state index in [9.17, 15) is 9.18 Å². The molecule has 1 amide bonds. The first kappa shape index (κ1) is 23.9. The van der Waals surface area contributed by atoms with Gasteiger partial charge in [-0.25, -0.2) is 4.39 Å². The van der Waals surface area contributed by atoms with Crippen molar-refractivity contribution >= 4 is 29.5 Å². The molecular formula is C26H31ClFN3O2S. The molecule has 0 bridgehead atoms. The lowest BCUT2D eigenvalue weighted by Gasteiger charge is -2.31. The minimum Gasteiger partial charge on any atom is -0.493 e. The van der Waals surface area contributed by atoms with Gasteiger partial charge in [-0.2, -0.15) is 0 Å². The van der Waals surface area contributed by atoms with Crippen LogP contribution in [0.4, 0.5) is 4.39 Å². The van der Waals surface area contributed by atoms with Gasteiger partial charge >= 0.3 is 0 Å². The zero-order chi connectivity index (χ0) is 23.7. The average Bonchev–Trinajstić information content (AvgIpc) is 3.71. The minimum atomic E-state index is -0.527. The molecule has 2 heterocycles. The molecule has 3 fully saturated rings. The lowest BCUT2D eigenvalue weighted by atomic mass is 9.97. The maximum absolute atomic E-state index is 14.6. The molecule has 1 N–H and O–H groups in total. The van der Waals surface area contributed by atoms with Gasteiger partial charge in [0.1, 0.15) is 11.6 Å². The van der Waals surface area contributed by atoms with Crippen molar-refractivity contribution in [2.75, 3.05) is 26.0 Å². The van der Waals surface area contributed by atoms with Crippen LogP contribution in [0.1, 0.15) is 77.7 Å². The van der Waals surface area contributed by atoms with E-state index in [4.69, 9.17) is 21.3 Å². The number of hydrogen-bond donors (Lipinski definition) is 1. The number of nitrogens with zero attached hydrogens (tertiary/aromatic N) is 2. The molecule has 2 aliphatic carbocycles. The molecular weight excluding hydrogens is 473 g/mol. The van der Waals surface area contributed by atoms with Crippen LogP contribution in [0.15, 0.2) is 24.3 Å².